The Hall–Kier alpha value is -1.46. The van der Waals surface area contributed by atoms with Gasteiger partial charge in [-0.15, -0.1) is 11.8 Å². The van der Waals surface area contributed by atoms with Crippen LogP contribution in [0.2, 0.25) is 0 Å². The predicted octanol–water partition coefficient (Wildman–Crippen LogP) is 4.50. The molecule has 0 saturated heterocycles. The van der Waals surface area contributed by atoms with Gasteiger partial charge in [-0.3, -0.25) is 4.79 Å². The van der Waals surface area contributed by atoms with Crippen molar-refractivity contribution in [2.75, 3.05) is 18.2 Å². The van der Waals surface area contributed by atoms with E-state index >= 15 is 0 Å². The van der Waals surface area contributed by atoms with E-state index in [4.69, 9.17) is 4.74 Å². The standard InChI is InChI=1S/C16H16BrNO2S/c1-11-6-7-15(14(17)8-11)18-16(19)10-21-13-5-3-4-12(9-13)20-2/h3-9H,10H2,1-2H3,(H,18,19). The number of halogens is 1. The summed E-state index contributed by atoms with van der Waals surface area (Å²) in [5.41, 5.74) is 1.93. The quantitative estimate of drug-likeness (QED) is 0.792. The van der Waals surface area contributed by atoms with Gasteiger partial charge >= 0.3 is 0 Å². The van der Waals surface area contributed by atoms with Gasteiger partial charge in [-0.05, 0) is 58.7 Å². The van der Waals surface area contributed by atoms with Gasteiger partial charge in [0.15, 0.2) is 0 Å². The summed E-state index contributed by atoms with van der Waals surface area (Å²) in [4.78, 5) is 13.0. The van der Waals surface area contributed by atoms with Crippen LogP contribution in [0.4, 0.5) is 5.69 Å². The first-order valence-corrected chi connectivity index (χ1v) is 8.19. The minimum Gasteiger partial charge on any atom is -0.497 e. The van der Waals surface area contributed by atoms with Crippen molar-refractivity contribution in [1.82, 2.24) is 0 Å². The maximum Gasteiger partial charge on any atom is 0.234 e. The van der Waals surface area contributed by atoms with Crippen molar-refractivity contribution in [2.45, 2.75) is 11.8 Å². The lowest BCUT2D eigenvalue weighted by molar-refractivity contribution is -0.113. The average molecular weight is 366 g/mol. The van der Waals surface area contributed by atoms with Crippen molar-refractivity contribution in [1.29, 1.82) is 0 Å². The highest BCUT2D eigenvalue weighted by atomic mass is 79.9. The summed E-state index contributed by atoms with van der Waals surface area (Å²) in [5, 5.41) is 2.90. The summed E-state index contributed by atoms with van der Waals surface area (Å²) in [6.07, 6.45) is 0. The van der Waals surface area contributed by atoms with Crippen LogP contribution in [0.15, 0.2) is 51.8 Å². The zero-order valence-corrected chi connectivity index (χ0v) is 14.3. The van der Waals surface area contributed by atoms with E-state index in [0.29, 0.717) is 5.75 Å². The largest absolute Gasteiger partial charge is 0.497 e. The fourth-order valence-corrected chi connectivity index (χ4v) is 3.08. The van der Waals surface area contributed by atoms with Gasteiger partial charge in [0.1, 0.15) is 5.75 Å². The van der Waals surface area contributed by atoms with Gasteiger partial charge in [0.2, 0.25) is 5.91 Å². The average Bonchev–Trinajstić information content (AvgIpc) is 2.48. The van der Waals surface area contributed by atoms with Crippen LogP contribution >= 0.6 is 27.7 Å². The molecule has 0 aliphatic rings. The summed E-state index contributed by atoms with van der Waals surface area (Å²) in [5.74, 6) is 1.11. The molecule has 3 nitrogen and oxygen atoms in total. The zero-order valence-electron chi connectivity index (χ0n) is 11.9. The van der Waals surface area contributed by atoms with E-state index in [9.17, 15) is 4.79 Å². The number of aryl methyl sites for hydroxylation is 1. The molecule has 0 saturated carbocycles. The van der Waals surface area contributed by atoms with Crippen LogP contribution in [0, 0.1) is 6.92 Å². The number of amides is 1. The number of rotatable bonds is 5. The highest BCUT2D eigenvalue weighted by Gasteiger charge is 2.07. The van der Waals surface area contributed by atoms with Crippen molar-refractivity contribution in [3.05, 3.63) is 52.5 Å². The SMILES string of the molecule is COc1cccc(SCC(=O)Nc2ccc(C)cc2Br)c1. The van der Waals surface area contributed by atoms with Crippen LogP contribution in [-0.4, -0.2) is 18.8 Å². The Balaban J connectivity index is 1.92. The zero-order chi connectivity index (χ0) is 15.2. The van der Waals surface area contributed by atoms with Gasteiger partial charge in [-0.25, -0.2) is 0 Å². The summed E-state index contributed by atoms with van der Waals surface area (Å²) >= 11 is 4.93. The third-order valence-electron chi connectivity index (χ3n) is 2.81. The molecule has 0 aliphatic heterocycles. The van der Waals surface area contributed by atoms with Crippen LogP contribution in [-0.2, 0) is 4.79 Å². The summed E-state index contributed by atoms with van der Waals surface area (Å²) in [7, 11) is 1.63. The number of carbonyl (C=O) groups is 1. The number of hydrogen-bond acceptors (Lipinski definition) is 3. The minimum atomic E-state index is -0.0348. The van der Waals surface area contributed by atoms with Crippen LogP contribution in [0.1, 0.15) is 5.56 Å². The fourth-order valence-electron chi connectivity index (χ4n) is 1.75. The number of carbonyl (C=O) groups excluding carboxylic acids is 1. The maximum atomic E-state index is 12.0. The first-order chi connectivity index (χ1) is 10.1. The number of ether oxygens (including phenoxy) is 1. The molecule has 0 heterocycles. The molecule has 0 spiro atoms. The second-order valence-corrected chi connectivity index (χ2v) is 6.40. The van der Waals surface area contributed by atoms with Gasteiger partial charge in [0.25, 0.3) is 0 Å². The Bertz CT molecular complexity index is 646. The minimum absolute atomic E-state index is 0.0348. The smallest absolute Gasteiger partial charge is 0.234 e. The molecule has 1 amide bonds. The van der Waals surface area contributed by atoms with Gasteiger partial charge < -0.3 is 10.1 Å². The first kappa shape index (κ1) is 15.9. The third kappa shape index (κ3) is 4.79. The maximum absolute atomic E-state index is 12.0. The van der Waals surface area contributed by atoms with Gasteiger partial charge in [-0.2, -0.15) is 0 Å². The molecule has 2 aromatic carbocycles. The highest BCUT2D eigenvalue weighted by molar-refractivity contribution is 9.10. The summed E-state index contributed by atoms with van der Waals surface area (Å²) in [6.45, 7) is 2.01. The van der Waals surface area contributed by atoms with Crippen molar-refractivity contribution in [3.8, 4) is 5.75 Å². The lowest BCUT2D eigenvalue weighted by atomic mass is 10.2. The topological polar surface area (TPSA) is 38.3 Å². The highest BCUT2D eigenvalue weighted by Crippen LogP contribution is 2.25. The van der Waals surface area contributed by atoms with Crippen molar-refractivity contribution < 1.29 is 9.53 Å². The van der Waals surface area contributed by atoms with E-state index in [1.807, 2.05) is 49.4 Å². The molecule has 0 aromatic heterocycles. The molecule has 1 N–H and O–H groups in total. The normalized spacial score (nSPS) is 10.2. The predicted molar refractivity (Wildman–Crippen MR) is 91.2 cm³/mol. The van der Waals surface area contributed by atoms with Crippen molar-refractivity contribution >= 4 is 39.3 Å². The number of anilines is 1. The van der Waals surface area contributed by atoms with Gasteiger partial charge in [0, 0.05) is 9.37 Å². The Labute approximate surface area is 137 Å². The van der Waals surface area contributed by atoms with E-state index in [-0.39, 0.29) is 5.91 Å². The molecule has 2 rings (SSSR count). The molecular weight excluding hydrogens is 350 g/mol. The van der Waals surface area contributed by atoms with E-state index in [1.165, 1.54) is 11.8 Å². The number of nitrogens with one attached hydrogen (secondary N) is 1. The molecule has 2 aromatic rings. The Morgan fingerprint density at radius 3 is 2.81 bits per heavy atom. The third-order valence-corrected chi connectivity index (χ3v) is 4.46. The molecule has 0 aliphatic carbocycles. The summed E-state index contributed by atoms with van der Waals surface area (Å²) < 4.78 is 6.06. The monoisotopic (exact) mass is 365 g/mol. The molecule has 0 bridgehead atoms. The van der Waals surface area contributed by atoms with E-state index in [2.05, 4.69) is 21.2 Å². The van der Waals surface area contributed by atoms with E-state index in [0.717, 1.165) is 26.4 Å². The van der Waals surface area contributed by atoms with Crippen LogP contribution in [0.5, 0.6) is 5.75 Å². The lowest BCUT2D eigenvalue weighted by Crippen LogP contribution is -2.14. The van der Waals surface area contributed by atoms with Gasteiger partial charge in [0.05, 0.1) is 18.6 Å². The molecule has 0 unspecified atom stereocenters. The number of benzene rings is 2. The van der Waals surface area contributed by atoms with Crippen LogP contribution in [0.3, 0.4) is 0 Å². The molecular formula is C16H16BrNO2S. The Morgan fingerprint density at radius 1 is 1.29 bits per heavy atom. The molecule has 0 radical (unpaired) electrons. The van der Waals surface area contributed by atoms with Crippen molar-refractivity contribution in [3.63, 3.8) is 0 Å². The number of hydrogen-bond donors (Lipinski definition) is 1. The first-order valence-electron chi connectivity index (χ1n) is 6.41. The molecule has 0 fully saturated rings. The second-order valence-electron chi connectivity index (χ2n) is 4.50. The second kappa shape index (κ2) is 7.52. The Morgan fingerprint density at radius 2 is 2.10 bits per heavy atom. The lowest BCUT2D eigenvalue weighted by Gasteiger charge is -2.08. The molecule has 21 heavy (non-hydrogen) atoms. The fraction of sp³-hybridized carbons (Fsp3) is 0.188. The number of methoxy groups -OCH3 is 1. The summed E-state index contributed by atoms with van der Waals surface area (Å²) in [6, 6.07) is 13.5. The van der Waals surface area contributed by atoms with E-state index in [1.54, 1.807) is 7.11 Å². The van der Waals surface area contributed by atoms with E-state index < -0.39 is 0 Å². The Kier molecular flexibility index (Phi) is 5.70. The molecule has 110 valence electrons. The van der Waals surface area contributed by atoms with Crippen molar-refractivity contribution in [2.24, 2.45) is 0 Å². The number of thioether (sulfide) groups is 1. The molecule has 5 heteroatoms. The van der Waals surface area contributed by atoms with Crippen LogP contribution < -0.4 is 10.1 Å². The molecule has 0 atom stereocenters. The van der Waals surface area contributed by atoms with Crippen LogP contribution in [0.25, 0.3) is 0 Å². The van der Waals surface area contributed by atoms with Gasteiger partial charge in [-0.1, -0.05) is 12.1 Å².